The molecule has 162 valence electrons. The molecule has 0 aliphatic rings. The molecule has 0 unspecified atom stereocenters. The Morgan fingerprint density at radius 1 is 0.933 bits per heavy atom. The van der Waals surface area contributed by atoms with Gasteiger partial charge < -0.3 is 19.7 Å². The smallest absolute Gasteiger partial charge is 0.336 e. The number of phenols is 1. The standard InChI is InChI=1S/C24H30O6/c1-4-9-20(25)19-12-13-22(17(3)23(19)26)30-15-7-5-6-14-29-21-11-8-10-18(16(21)2)24(27)28/h8,10-13,26H,4-7,9,14-15H2,1-3H3,(H,27,28)/i14D2,15D2. The Morgan fingerprint density at radius 3 is 2.17 bits per heavy atom. The van der Waals surface area contributed by atoms with Gasteiger partial charge in [0.25, 0.3) is 0 Å². The molecule has 0 amide bonds. The highest BCUT2D eigenvalue weighted by Gasteiger charge is 2.15. The minimum Gasteiger partial charge on any atom is -0.507 e. The largest absolute Gasteiger partial charge is 0.507 e. The van der Waals surface area contributed by atoms with E-state index in [4.69, 9.17) is 15.0 Å². The highest BCUT2D eigenvalue weighted by Crippen LogP contribution is 2.31. The summed E-state index contributed by atoms with van der Waals surface area (Å²) in [6, 6.07) is 7.19. The molecule has 2 aromatic rings. The quantitative estimate of drug-likeness (QED) is 0.453. The predicted octanol–water partition coefficient (Wildman–Crippen LogP) is 5.32. The van der Waals surface area contributed by atoms with E-state index in [9.17, 15) is 19.8 Å². The van der Waals surface area contributed by atoms with Crippen LogP contribution in [-0.2, 0) is 0 Å². The second-order valence-corrected chi connectivity index (χ2v) is 6.84. The van der Waals surface area contributed by atoms with Gasteiger partial charge in [-0.1, -0.05) is 13.0 Å². The third-order valence-electron chi connectivity index (χ3n) is 4.60. The Morgan fingerprint density at radius 2 is 1.57 bits per heavy atom. The molecule has 0 spiro atoms. The normalized spacial score (nSPS) is 13.6. The number of aromatic carboxylic acids is 1. The lowest BCUT2D eigenvalue weighted by Gasteiger charge is -2.13. The van der Waals surface area contributed by atoms with E-state index in [1.165, 1.54) is 44.2 Å². The van der Waals surface area contributed by atoms with Crippen LogP contribution in [0.2, 0.25) is 0 Å². The molecule has 0 fully saturated rings. The zero-order chi connectivity index (χ0) is 25.7. The lowest BCUT2D eigenvalue weighted by Crippen LogP contribution is -2.05. The molecule has 0 heterocycles. The number of rotatable bonds is 12. The summed E-state index contributed by atoms with van der Waals surface area (Å²) in [5.74, 6) is -1.39. The number of aromatic hydroxyl groups is 1. The molecular weight excluding hydrogens is 384 g/mol. The fourth-order valence-electron chi connectivity index (χ4n) is 2.83. The number of hydrogen-bond donors (Lipinski definition) is 2. The number of carboxylic acids is 1. The molecule has 0 aliphatic carbocycles. The minimum absolute atomic E-state index is 0.0130. The second-order valence-electron chi connectivity index (χ2n) is 6.84. The maximum atomic E-state index is 12.1. The number of carbonyl (C=O) groups excluding carboxylic acids is 1. The summed E-state index contributed by atoms with van der Waals surface area (Å²) in [5, 5.41) is 19.6. The van der Waals surface area contributed by atoms with Gasteiger partial charge in [-0.25, -0.2) is 4.79 Å². The van der Waals surface area contributed by atoms with Crippen LogP contribution in [-0.4, -0.2) is 35.1 Å². The summed E-state index contributed by atoms with van der Waals surface area (Å²) < 4.78 is 43.3. The molecule has 0 radical (unpaired) electrons. The van der Waals surface area contributed by atoms with Crippen LogP contribution < -0.4 is 9.47 Å². The predicted molar refractivity (Wildman–Crippen MR) is 115 cm³/mol. The Bertz CT molecular complexity index is 1050. The van der Waals surface area contributed by atoms with Crippen molar-refractivity contribution in [3.8, 4) is 17.2 Å². The second kappa shape index (κ2) is 11.2. The fourth-order valence-corrected chi connectivity index (χ4v) is 2.83. The van der Waals surface area contributed by atoms with Gasteiger partial charge in [-0.15, -0.1) is 0 Å². The average Bonchev–Trinajstić information content (AvgIpc) is 2.72. The van der Waals surface area contributed by atoms with Crippen molar-refractivity contribution in [3.05, 3.63) is 52.6 Å². The molecule has 0 aliphatic heterocycles. The van der Waals surface area contributed by atoms with Gasteiger partial charge >= 0.3 is 5.97 Å². The third-order valence-corrected chi connectivity index (χ3v) is 4.60. The molecule has 0 saturated carbocycles. The minimum atomic E-state index is -2.17. The summed E-state index contributed by atoms with van der Waals surface area (Å²) in [6.07, 6.45) is 0.663. The highest BCUT2D eigenvalue weighted by molar-refractivity contribution is 5.99. The van der Waals surface area contributed by atoms with Gasteiger partial charge in [0.1, 0.15) is 17.2 Å². The number of carbonyl (C=O) groups is 2. The maximum absolute atomic E-state index is 12.1. The van der Waals surface area contributed by atoms with Gasteiger partial charge in [0.05, 0.1) is 29.7 Å². The number of Topliss-reactive ketones (excluding diaryl/α,β-unsaturated/α-hetero) is 1. The zero-order valence-electron chi connectivity index (χ0n) is 21.4. The maximum Gasteiger partial charge on any atom is 0.336 e. The number of carboxylic acid groups (broad SMARTS) is 1. The first-order valence-electron chi connectivity index (χ1n) is 11.8. The van der Waals surface area contributed by atoms with Crippen LogP contribution in [0, 0.1) is 13.8 Å². The molecule has 0 aromatic heterocycles. The van der Waals surface area contributed by atoms with Crippen LogP contribution in [0.1, 0.15) is 76.4 Å². The lowest BCUT2D eigenvalue weighted by atomic mass is 10.0. The lowest BCUT2D eigenvalue weighted by molar-refractivity contribution is 0.0695. The van der Waals surface area contributed by atoms with Crippen molar-refractivity contribution in [2.75, 3.05) is 13.1 Å². The summed E-state index contributed by atoms with van der Waals surface area (Å²) in [6.45, 7) is 0.591. The van der Waals surface area contributed by atoms with Crippen LogP contribution in [0.25, 0.3) is 0 Å². The van der Waals surface area contributed by atoms with Gasteiger partial charge in [0.15, 0.2) is 5.78 Å². The van der Waals surface area contributed by atoms with Crippen LogP contribution in [0.15, 0.2) is 30.3 Å². The Balaban J connectivity index is 2.01. The Hall–Kier alpha value is -3.02. The van der Waals surface area contributed by atoms with Crippen molar-refractivity contribution in [3.63, 3.8) is 0 Å². The fraction of sp³-hybridized carbons (Fsp3) is 0.417. The number of phenolic OH excluding ortho intramolecular Hbond substituents is 1. The third kappa shape index (κ3) is 5.99. The summed E-state index contributed by atoms with van der Waals surface area (Å²) in [7, 11) is 0. The first kappa shape index (κ1) is 17.8. The van der Waals surface area contributed by atoms with Gasteiger partial charge in [-0.05, 0) is 63.8 Å². The highest BCUT2D eigenvalue weighted by atomic mass is 16.5. The van der Waals surface area contributed by atoms with Crippen LogP contribution in [0.5, 0.6) is 17.2 Å². The Kier molecular flexibility index (Phi) is 6.67. The van der Waals surface area contributed by atoms with Gasteiger partial charge in [-0.3, -0.25) is 4.79 Å². The van der Waals surface area contributed by atoms with Crippen molar-refractivity contribution in [1.29, 1.82) is 0 Å². The molecule has 2 N–H and O–H groups in total. The van der Waals surface area contributed by atoms with Gasteiger partial charge in [-0.2, -0.15) is 0 Å². The van der Waals surface area contributed by atoms with E-state index in [1.807, 2.05) is 6.92 Å². The van der Waals surface area contributed by atoms with Crippen LogP contribution in [0.3, 0.4) is 0 Å². The van der Waals surface area contributed by atoms with E-state index in [0.717, 1.165) is 0 Å². The van der Waals surface area contributed by atoms with E-state index in [-0.39, 0.29) is 65.4 Å². The zero-order valence-corrected chi connectivity index (χ0v) is 17.4. The molecule has 30 heavy (non-hydrogen) atoms. The topological polar surface area (TPSA) is 93.1 Å². The van der Waals surface area contributed by atoms with Gasteiger partial charge in [0.2, 0.25) is 0 Å². The molecule has 6 heteroatoms. The monoisotopic (exact) mass is 418 g/mol. The van der Waals surface area contributed by atoms with E-state index < -0.39 is 19.1 Å². The number of ketones is 1. The summed E-state index contributed by atoms with van der Waals surface area (Å²) in [4.78, 5) is 23.4. The molecule has 0 saturated heterocycles. The van der Waals surface area contributed by atoms with Gasteiger partial charge in [0, 0.05) is 17.5 Å². The van der Waals surface area contributed by atoms with Crippen molar-refractivity contribution < 1.29 is 34.8 Å². The summed E-state index contributed by atoms with van der Waals surface area (Å²) >= 11 is 0. The number of ether oxygens (including phenoxy) is 2. The molecule has 2 rings (SSSR count). The van der Waals surface area contributed by atoms with Crippen molar-refractivity contribution >= 4 is 11.8 Å². The molecule has 0 atom stereocenters. The van der Waals surface area contributed by atoms with E-state index in [2.05, 4.69) is 0 Å². The molecular formula is C24H30O6. The van der Waals surface area contributed by atoms with E-state index >= 15 is 0 Å². The first-order valence-corrected chi connectivity index (χ1v) is 9.84. The molecule has 6 nitrogen and oxygen atoms in total. The summed E-state index contributed by atoms with van der Waals surface area (Å²) in [5.41, 5.74) is 0.728. The van der Waals surface area contributed by atoms with Crippen LogP contribution >= 0.6 is 0 Å². The van der Waals surface area contributed by atoms with Crippen molar-refractivity contribution in [2.24, 2.45) is 0 Å². The number of hydrogen-bond acceptors (Lipinski definition) is 5. The van der Waals surface area contributed by atoms with Crippen LogP contribution in [0.4, 0.5) is 0 Å². The van der Waals surface area contributed by atoms with Crippen molar-refractivity contribution in [2.45, 2.75) is 52.9 Å². The van der Waals surface area contributed by atoms with E-state index in [0.29, 0.717) is 12.0 Å². The molecule has 0 bridgehead atoms. The van der Waals surface area contributed by atoms with E-state index in [1.54, 1.807) is 0 Å². The SMILES string of the molecule is [2H]C([2H])(CCCC([2H])([2H])Oc1ccc(C(=O)CCC)c(O)c1C)Oc1cccc(C(=O)O)c1C. The average molecular weight is 419 g/mol. The molecule has 2 aromatic carbocycles. The first-order chi connectivity index (χ1) is 15.8. The van der Waals surface area contributed by atoms with Crippen molar-refractivity contribution in [1.82, 2.24) is 0 Å². The Labute approximate surface area is 183 Å². The number of benzene rings is 2.